The normalized spacial score (nSPS) is 16.3. The number of benzene rings is 1. The molecule has 114 valence electrons. The van der Waals surface area contributed by atoms with Crippen molar-refractivity contribution in [2.75, 3.05) is 24.5 Å². The summed E-state index contributed by atoms with van der Waals surface area (Å²) in [6.45, 7) is 2.95. The number of piperidine rings is 1. The van der Waals surface area contributed by atoms with E-state index in [2.05, 4.69) is 56.6 Å². The Morgan fingerprint density at radius 1 is 1.05 bits per heavy atom. The number of aromatic nitrogens is 2. The Labute approximate surface area is 131 Å². The highest BCUT2D eigenvalue weighted by molar-refractivity contribution is 5.48. The number of anilines is 1. The van der Waals surface area contributed by atoms with Gasteiger partial charge in [-0.15, -0.1) is 0 Å². The zero-order valence-electron chi connectivity index (χ0n) is 12.7. The monoisotopic (exact) mass is 294 g/mol. The van der Waals surface area contributed by atoms with Gasteiger partial charge in [-0.25, -0.2) is 9.97 Å². The van der Waals surface area contributed by atoms with Crippen LogP contribution < -0.4 is 10.2 Å². The van der Waals surface area contributed by atoms with Crippen molar-refractivity contribution in [3.8, 4) is 0 Å². The fourth-order valence-corrected chi connectivity index (χ4v) is 2.73. The van der Waals surface area contributed by atoms with Gasteiger partial charge in [0.15, 0.2) is 0 Å². The summed E-state index contributed by atoms with van der Waals surface area (Å²) < 4.78 is 0. The summed E-state index contributed by atoms with van der Waals surface area (Å²) in [4.78, 5) is 10.9. The van der Waals surface area contributed by atoms with E-state index < -0.39 is 0 Å². The number of nitrogens with one attached hydrogen (secondary N) is 1. The lowest BCUT2D eigenvalue weighted by molar-refractivity contribution is 0.427. The van der Waals surface area contributed by atoms with Crippen LogP contribution in [0.1, 0.15) is 18.4 Å². The quantitative estimate of drug-likeness (QED) is 0.920. The Morgan fingerprint density at radius 2 is 1.77 bits per heavy atom. The first kappa shape index (κ1) is 14.7. The van der Waals surface area contributed by atoms with Gasteiger partial charge in [-0.2, -0.15) is 0 Å². The van der Waals surface area contributed by atoms with E-state index >= 15 is 0 Å². The lowest BCUT2D eigenvalue weighted by atomic mass is 10.1. The summed E-state index contributed by atoms with van der Waals surface area (Å²) in [7, 11) is 0. The average molecular weight is 294 g/mol. The van der Waals surface area contributed by atoms with Crippen LogP contribution in [0.2, 0.25) is 0 Å². The van der Waals surface area contributed by atoms with Gasteiger partial charge in [0.1, 0.15) is 0 Å². The molecule has 2 aromatic rings. The van der Waals surface area contributed by atoms with Gasteiger partial charge in [0.25, 0.3) is 0 Å². The maximum atomic E-state index is 4.32. The molecule has 1 aromatic heterocycles. The van der Waals surface area contributed by atoms with Crippen LogP contribution in [0, 0.1) is 0 Å². The Kier molecular flexibility index (Phi) is 5.16. The molecule has 1 aromatic carbocycles. The highest BCUT2D eigenvalue weighted by atomic mass is 15.3. The Hall–Kier alpha value is -2.20. The second-order valence-corrected chi connectivity index (χ2v) is 5.53. The SMILES string of the molecule is C(=Cc1ccccc1)CNC1CCN(c2ncccn2)CC1. The van der Waals surface area contributed by atoms with Gasteiger partial charge in [-0.05, 0) is 24.5 Å². The first-order valence-corrected chi connectivity index (χ1v) is 7.89. The standard InChI is InChI=1S/C18H22N4/c1-2-6-16(7-3-1)8-4-11-19-17-9-14-22(15-10-17)18-20-12-5-13-21-18/h1-8,12-13,17,19H,9-11,14-15H2. The maximum absolute atomic E-state index is 4.32. The molecule has 0 atom stereocenters. The smallest absolute Gasteiger partial charge is 0.225 e. The van der Waals surface area contributed by atoms with Crippen LogP contribution in [0.4, 0.5) is 5.95 Å². The van der Waals surface area contributed by atoms with E-state index in [1.54, 1.807) is 12.4 Å². The molecule has 1 aliphatic heterocycles. The van der Waals surface area contributed by atoms with Gasteiger partial charge in [0.05, 0.1) is 0 Å². The molecular weight excluding hydrogens is 272 g/mol. The largest absolute Gasteiger partial charge is 0.341 e. The van der Waals surface area contributed by atoms with Crippen LogP contribution >= 0.6 is 0 Å². The number of rotatable bonds is 5. The number of hydrogen-bond acceptors (Lipinski definition) is 4. The number of hydrogen-bond donors (Lipinski definition) is 1. The molecule has 1 fully saturated rings. The lowest BCUT2D eigenvalue weighted by Crippen LogP contribution is -2.43. The highest BCUT2D eigenvalue weighted by Gasteiger charge is 2.19. The summed E-state index contributed by atoms with van der Waals surface area (Å²) in [6.07, 6.45) is 10.2. The molecule has 0 saturated carbocycles. The van der Waals surface area contributed by atoms with Crippen molar-refractivity contribution in [1.82, 2.24) is 15.3 Å². The average Bonchev–Trinajstić information content (AvgIpc) is 2.61. The van der Waals surface area contributed by atoms with Gasteiger partial charge in [0.2, 0.25) is 5.95 Å². The number of nitrogens with zero attached hydrogens (tertiary/aromatic N) is 3. The Bertz CT molecular complexity index is 575. The summed E-state index contributed by atoms with van der Waals surface area (Å²) in [5, 5.41) is 3.61. The van der Waals surface area contributed by atoms with E-state index in [4.69, 9.17) is 0 Å². The van der Waals surface area contributed by atoms with Crippen molar-refractivity contribution in [3.63, 3.8) is 0 Å². The molecule has 3 rings (SSSR count). The maximum Gasteiger partial charge on any atom is 0.225 e. The summed E-state index contributed by atoms with van der Waals surface area (Å²) in [5.41, 5.74) is 1.25. The first-order chi connectivity index (χ1) is 10.9. The summed E-state index contributed by atoms with van der Waals surface area (Å²) >= 11 is 0. The molecule has 0 amide bonds. The van der Waals surface area contributed by atoms with Crippen LogP contribution in [0.3, 0.4) is 0 Å². The molecule has 0 spiro atoms. The van der Waals surface area contributed by atoms with Gasteiger partial charge in [-0.3, -0.25) is 0 Å². The molecule has 1 saturated heterocycles. The highest BCUT2D eigenvalue weighted by Crippen LogP contribution is 2.15. The molecular formula is C18H22N4. The molecule has 1 aliphatic rings. The van der Waals surface area contributed by atoms with Crippen LogP contribution in [0.25, 0.3) is 6.08 Å². The molecule has 2 heterocycles. The van der Waals surface area contributed by atoms with Crippen molar-refractivity contribution in [2.24, 2.45) is 0 Å². The Morgan fingerprint density at radius 3 is 2.50 bits per heavy atom. The van der Waals surface area contributed by atoms with E-state index in [1.165, 1.54) is 5.56 Å². The van der Waals surface area contributed by atoms with Crippen LogP contribution in [-0.4, -0.2) is 35.6 Å². The second kappa shape index (κ2) is 7.71. The van der Waals surface area contributed by atoms with Gasteiger partial charge < -0.3 is 10.2 Å². The fourth-order valence-electron chi connectivity index (χ4n) is 2.73. The molecule has 4 nitrogen and oxygen atoms in total. The zero-order valence-corrected chi connectivity index (χ0v) is 12.7. The predicted molar refractivity (Wildman–Crippen MR) is 90.7 cm³/mol. The van der Waals surface area contributed by atoms with Gasteiger partial charge in [-0.1, -0.05) is 42.5 Å². The fraction of sp³-hybridized carbons (Fsp3) is 0.333. The van der Waals surface area contributed by atoms with Crippen molar-refractivity contribution >= 4 is 12.0 Å². The van der Waals surface area contributed by atoms with Crippen LogP contribution in [-0.2, 0) is 0 Å². The minimum absolute atomic E-state index is 0.584. The predicted octanol–water partition coefficient (Wildman–Crippen LogP) is 2.75. The third-order valence-corrected chi connectivity index (χ3v) is 3.96. The molecule has 0 aliphatic carbocycles. The molecule has 22 heavy (non-hydrogen) atoms. The third-order valence-electron chi connectivity index (χ3n) is 3.96. The molecule has 0 bridgehead atoms. The topological polar surface area (TPSA) is 41.0 Å². The van der Waals surface area contributed by atoms with Crippen LogP contribution in [0.5, 0.6) is 0 Å². The van der Waals surface area contributed by atoms with Crippen LogP contribution in [0.15, 0.2) is 54.9 Å². The van der Waals surface area contributed by atoms with Crippen molar-refractivity contribution < 1.29 is 0 Å². The zero-order chi connectivity index (χ0) is 15.0. The van der Waals surface area contributed by atoms with Gasteiger partial charge >= 0.3 is 0 Å². The van der Waals surface area contributed by atoms with E-state index in [9.17, 15) is 0 Å². The first-order valence-electron chi connectivity index (χ1n) is 7.89. The van der Waals surface area contributed by atoms with E-state index in [1.807, 2.05) is 12.1 Å². The summed E-state index contributed by atoms with van der Waals surface area (Å²) in [5.74, 6) is 0.852. The Balaban J connectivity index is 1.40. The molecule has 1 N–H and O–H groups in total. The van der Waals surface area contributed by atoms with Crippen molar-refractivity contribution in [1.29, 1.82) is 0 Å². The van der Waals surface area contributed by atoms with Crippen molar-refractivity contribution in [2.45, 2.75) is 18.9 Å². The van der Waals surface area contributed by atoms with E-state index in [0.717, 1.165) is 38.4 Å². The third kappa shape index (κ3) is 4.15. The lowest BCUT2D eigenvalue weighted by Gasteiger charge is -2.32. The van der Waals surface area contributed by atoms with E-state index in [0.29, 0.717) is 6.04 Å². The molecule has 4 heteroatoms. The minimum atomic E-state index is 0.584. The van der Waals surface area contributed by atoms with Crippen molar-refractivity contribution in [3.05, 3.63) is 60.4 Å². The van der Waals surface area contributed by atoms with E-state index in [-0.39, 0.29) is 0 Å². The summed E-state index contributed by atoms with van der Waals surface area (Å²) in [6, 6.07) is 12.9. The minimum Gasteiger partial charge on any atom is -0.341 e. The van der Waals surface area contributed by atoms with Gasteiger partial charge in [0, 0.05) is 38.1 Å². The molecule has 0 radical (unpaired) electrons. The molecule has 0 unspecified atom stereocenters. The second-order valence-electron chi connectivity index (χ2n) is 5.53.